The zero-order valence-electron chi connectivity index (χ0n) is 17.6. The minimum atomic E-state index is 0.610. The van der Waals surface area contributed by atoms with Gasteiger partial charge in [0, 0.05) is 57.5 Å². The Morgan fingerprint density at radius 2 is 1.97 bits per heavy atom. The number of halogens is 1. The van der Waals surface area contributed by atoms with Gasteiger partial charge in [-0.05, 0) is 43.3 Å². The number of hydrogen-bond acceptors (Lipinski definition) is 4. The van der Waals surface area contributed by atoms with Crippen molar-refractivity contribution >= 4 is 23.4 Å². The summed E-state index contributed by atoms with van der Waals surface area (Å²) in [7, 11) is 4.20. The Kier molecular flexibility index (Phi) is 7.72. The number of benzene rings is 1. The Labute approximate surface area is 179 Å². The molecule has 0 bridgehead atoms. The minimum absolute atomic E-state index is 0.610. The van der Waals surface area contributed by atoms with Crippen LogP contribution in [-0.2, 0) is 13.1 Å². The van der Waals surface area contributed by atoms with Gasteiger partial charge < -0.3 is 20.0 Å². The second-order valence-electron chi connectivity index (χ2n) is 7.43. The number of rotatable bonds is 6. The van der Waals surface area contributed by atoms with E-state index in [9.17, 15) is 0 Å². The van der Waals surface area contributed by atoms with Crippen molar-refractivity contribution in [3.05, 3.63) is 58.7 Å². The van der Waals surface area contributed by atoms with Gasteiger partial charge in [0.25, 0.3) is 0 Å². The zero-order valence-corrected chi connectivity index (χ0v) is 18.4. The fourth-order valence-electron chi connectivity index (χ4n) is 3.36. The third kappa shape index (κ3) is 6.08. The van der Waals surface area contributed by atoms with Crippen LogP contribution in [0.3, 0.4) is 0 Å². The van der Waals surface area contributed by atoms with Crippen LogP contribution in [0, 0.1) is 0 Å². The first-order chi connectivity index (χ1) is 14.1. The predicted octanol–water partition coefficient (Wildman–Crippen LogP) is 3.08. The number of aliphatic imine (C=N–C) groups is 1. The molecule has 7 heteroatoms. The third-order valence-corrected chi connectivity index (χ3v) is 5.48. The van der Waals surface area contributed by atoms with E-state index in [1.807, 2.05) is 43.6 Å². The van der Waals surface area contributed by atoms with E-state index in [0.717, 1.165) is 60.7 Å². The first kappa shape index (κ1) is 21.4. The lowest BCUT2D eigenvalue weighted by atomic mass is 10.2. The first-order valence-electron chi connectivity index (χ1n) is 10.2. The molecule has 156 valence electrons. The van der Waals surface area contributed by atoms with E-state index in [2.05, 4.69) is 45.0 Å². The number of aromatic nitrogens is 1. The van der Waals surface area contributed by atoms with Gasteiger partial charge in [-0.15, -0.1) is 0 Å². The van der Waals surface area contributed by atoms with Crippen LogP contribution in [0.4, 0.5) is 5.82 Å². The maximum absolute atomic E-state index is 6.32. The molecule has 2 aromatic rings. The minimum Gasteiger partial charge on any atom is -0.357 e. The topological polar surface area (TPSA) is 47.0 Å². The fraction of sp³-hybridized carbons (Fsp3) is 0.455. The van der Waals surface area contributed by atoms with Crippen molar-refractivity contribution in [2.75, 3.05) is 51.7 Å². The monoisotopic (exact) mass is 414 g/mol. The number of pyridine rings is 1. The Balaban J connectivity index is 1.68. The average molecular weight is 415 g/mol. The molecule has 2 heterocycles. The highest BCUT2D eigenvalue weighted by molar-refractivity contribution is 6.31. The van der Waals surface area contributed by atoms with Crippen molar-refractivity contribution < 1.29 is 0 Å². The van der Waals surface area contributed by atoms with Crippen molar-refractivity contribution in [3.8, 4) is 0 Å². The molecule has 1 aliphatic rings. The second kappa shape index (κ2) is 10.5. The molecule has 0 amide bonds. The molecular weight excluding hydrogens is 384 g/mol. The summed E-state index contributed by atoms with van der Waals surface area (Å²) in [6.07, 6.45) is 1.89. The third-order valence-electron chi connectivity index (χ3n) is 5.11. The zero-order chi connectivity index (χ0) is 20.6. The summed E-state index contributed by atoms with van der Waals surface area (Å²) in [6, 6.07) is 12.1. The molecule has 0 aliphatic carbocycles. The van der Waals surface area contributed by atoms with Crippen molar-refractivity contribution in [3.63, 3.8) is 0 Å². The number of hydrogen-bond donors (Lipinski definition) is 1. The lowest BCUT2D eigenvalue weighted by molar-refractivity contribution is 0.312. The summed E-state index contributed by atoms with van der Waals surface area (Å²) in [5.41, 5.74) is 2.25. The van der Waals surface area contributed by atoms with Gasteiger partial charge in [-0.2, -0.15) is 0 Å². The molecule has 1 N–H and O–H groups in total. The Morgan fingerprint density at radius 3 is 2.69 bits per heavy atom. The van der Waals surface area contributed by atoms with E-state index in [0.29, 0.717) is 13.1 Å². The molecule has 0 unspecified atom stereocenters. The number of likely N-dealkylation sites (N-methyl/N-ethyl adjacent to an activating group) is 1. The van der Waals surface area contributed by atoms with E-state index in [-0.39, 0.29) is 0 Å². The molecule has 1 aliphatic heterocycles. The summed E-state index contributed by atoms with van der Waals surface area (Å²) in [5.74, 6) is 1.91. The Bertz CT molecular complexity index is 816. The number of nitrogens with zero attached hydrogens (tertiary/aromatic N) is 5. The van der Waals surface area contributed by atoms with Crippen molar-refractivity contribution in [2.24, 2.45) is 4.99 Å². The smallest absolute Gasteiger partial charge is 0.194 e. The van der Waals surface area contributed by atoms with Gasteiger partial charge >= 0.3 is 0 Å². The van der Waals surface area contributed by atoms with Crippen LogP contribution in [0.15, 0.2) is 47.6 Å². The molecule has 1 aromatic heterocycles. The molecule has 0 saturated carbocycles. The van der Waals surface area contributed by atoms with Crippen LogP contribution in [-0.4, -0.2) is 67.6 Å². The molecule has 0 atom stereocenters. The summed E-state index contributed by atoms with van der Waals surface area (Å²) >= 11 is 6.32. The average Bonchev–Trinajstić information content (AvgIpc) is 2.73. The van der Waals surface area contributed by atoms with Crippen LogP contribution in [0.5, 0.6) is 0 Å². The van der Waals surface area contributed by atoms with E-state index in [1.165, 1.54) is 0 Å². The van der Waals surface area contributed by atoms with Crippen LogP contribution in [0.2, 0.25) is 5.02 Å². The van der Waals surface area contributed by atoms with Gasteiger partial charge in [0.1, 0.15) is 5.82 Å². The highest BCUT2D eigenvalue weighted by atomic mass is 35.5. The second-order valence-corrected chi connectivity index (χ2v) is 7.84. The summed E-state index contributed by atoms with van der Waals surface area (Å²) in [5, 5.41) is 4.16. The van der Waals surface area contributed by atoms with E-state index in [1.54, 1.807) is 0 Å². The van der Waals surface area contributed by atoms with Crippen LogP contribution < -0.4 is 10.2 Å². The normalized spacial score (nSPS) is 15.4. The first-order valence-corrected chi connectivity index (χ1v) is 10.6. The van der Waals surface area contributed by atoms with Crippen LogP contribution in [0.25, 0.3) is 0 Å². The van der Waals surface area contributed by atoms with Crippen LogP contribution in [0.1, 0.15) is 18.1 Å². The van der Waals surface area contributed by atoms with Crippen molar-refractivity contribution in [1.82, 2.24) is 20.1 Å². The van der Waals surface area contributed by atoms with Gasteiger partial charge in [-0.1, -0.05) is 29.8 Å². The number of anilines is 1. The quantitative estimate of drug-likeness (QED) is 0.581. The number of piperazine rings is 1. The van der Waals surface area contributed by atoms with Crippen molar-refractivity contribution in [2.45, 2.75) is 20.0 Å². The molecular formula is C22H31ClN6. The van der Waals surface area contributed by atoms with Crippen LogP contribution >= 0.6 is 11.6 Å². The van der Waals surface area contributed by atoms with E-state index < -0.39 is 0 Å². The summed E-state index contributed by atoms with van der Waals surface area (Å²) in [4.78, 5) is 16.2. The van der Waals surface area contributed by atoms with Gasteiger partial charge in [0.2, 0.25) is 0 Å². The molecule has 1 aromatic carbocycles. The maximum Gasteiger partial charge on any atom is 0.194 e. The maximum atomic E-state index is 6.32. The van der Waals surface area contributed by atoms with Gasteiger partial charge in [-0.3, -0.25) is 0 Å². The standard InChI is InChI=1S/C22H31ClN6/c1-4-24-22(28(3)17-19-7-5-6-8-20(19)23)26-16-18-9-10-25-21(15-18)29-13-11-27(2)12-14-29/h5-10,15H,4,11-14,16-17H2,1-3H3,(H,24,26). The molecule has 1 fully saturated rings. The molecule has 1 saturated heterocycles. The highest BCUT2D eigenvalue weighted by Gasteiger charge is 2.15. The molecule has 3 rings (SSSR count). The molecule has 0 spiro atoms. The van der Waals surface area contributed by atoms with Gasteiger partial charge in [-0.25, -0.2) is 9.98 Å². The molecule has 0 radical (unpaired) electrons. The van der Waals surface area contributed by atoms with Crippen molar-refractivity contribution in [1.29, 1.82) is 0 Å². The SMILES string of the molecule is CCNC(=NCc1ccnc(N2CCN(C)CC2)c1)N(C)Cc1ccccc1Cl. The molecule has 29 heavy (non-hydrogen) atoms. The lowest BCUT2D eigenvalue weighted by Gasteiger charge is -2.33. The van der Waals surface area contributed by atoms with E-state index >= 15 is 0 Å². The van der Waals surface area contributed by atoms with E-state index in [4.69, 9.17) is 16.6 Å². The Hall–Kier alpha value is -2.31. The fourth-order valence-corrected chi connectivity index (χ4v) is 3.56. The van der Waals surface area contributed by atoms with Gasteiger partial charge in [0.05, 0.1) is 6.54 Å². The molecule has 6 nitrogen and oxygen atoms in total. The lowest BCUT2D eigenvalue weighted by Crippen LogP contribution is -2.44. The summed E-state index contributed by atoms with van der Waals surface area (Å²) in [6.45, 7) is 8.38. The number of nitrogens with one attached hydrogen (secondary N) is 1. The Morgan fingerprint density at radius 1 is 1.21 bits per heavy atom. The highest BCUT2D eigenvalue weighted by Crippen LogP contribution is 2.17. The predicted molar refractivity (Wildman–Crippen MR) is 122 cm³/mol. The summed E-state index contributed by atoms with van der Waals surface area (Å²) < 4.78 is 0. The number of guanidine groups is 1. The van der Waals surface area contributed by atoms with Gasteiger partial charge in [0.15, 0.2) is 5.96 Å². The largest absolute Gasteiger partial charge is 0.357 e.